The first-order chi connectivity index (χ1) is 16.0. The van der Waals surface area contributed by atoms with Gasteiger partial charge in [0.05, 0.1) is 23.9 Å². The molecule has 1 amide bonds. The molecule has 1 N–H and O–H groups in total. The van der Waals surface area contributed by atoms with Crippen LogP contribution in [0.2, 0.25) is 0 Å². The molecule has 0 spiro atoms. The first-order valence-corrected chi connectivity index (χ1v) is 10.3. The normalized spacial score (nSPS) is 15.8. The Bertz CT molecular complexity index is 1490. The number of carbonyl (C=O) groups is 1. The number of aromatic amines is 1. The molecule has 1 atom stereocenters. The van der Waals surface area contributed by atoms with Gasteiger partial charge >= 0.3 is 11.8 Å². The van der Waals surface area contributed by atoms with Crippen LogP contribution < -0.4 is 0 Å². The molecule has 6 heterocycles. The third-order valence-corrected chi connectivity index (χ3v) is 5.87. The molecule has 0 radical (unpaired) electrons. The fourth-order valence-electron chi connectivity index (χ4n) is 4.31. The smallest absolute Gasteiger partial charge is 0.312 e. The summed E-state index contributed by atoms with van der Waals surface area (Å²) in [5, 5.41) is 16.8. The number of aromatic nitrogens is 8. The number of rotatable bonds is 3. The number of nitrogens with one attached hydrogen (secondary N) is 1. The van der Waals surface area contributed by atoms with Gasteiger partial charge < -0.3 is 14.3 Å². The number of imidazole rings is 1. The van der Waals surface area contributed by atoms with E-state index in [4.69, 9.17) is 4.42 Å². The van der Waals surface area contributed by atoms with Crippen LogP contribution in [0.25, 0.3) is 17.1 Å². The highest BCUT2D eigenvalue weighted by atomic mass is 19.1. The summed E-state index contributed by atoms with van der Waals surface area (Å²) in [6, 6.07) is 3.93. The van der Waals surface area contributed by atoms with Gasteiger partial charge in [0, 0.05) is 31.9 Å². The second-order valence-corrected chi connectivity index (χ2v) is 7.88. The molecule has 5 aromatic rings. The highest BCUT2D eigenvalue weighted by Crippen LogP contribution is 2.34. The van der Waals surface area contributed by atoms with Crippen molar-refractivity contribution in [3.8, 4) is 11.6 Å². The van der Waals surface area contributed by atoms with Gasteiger partial charge in [-0.2, -0.15) is 10.2 Å². The quantitative estimate of drug-likeness (QED) is 0.449. The Balaban J connectivity index is 1.42. The van der Waals surface area contributed by atoms with Crippen molar-refractivity contribution in [3.05, 3.63) is 71.3 Å². The predicted octanol–water partition coefficient (Wildman–Crippen LogP) is 2.08. The van der Waals surface area contributed by atoms with E-state index in [1.807, 2.05) is 6.92 Å². The molecule has 0 saturated carbocycles. The largest absolute Gasteiger partial charge is 0.411 e. The number of carbonyl (C=O) groups excluding carboxylic acids is 1. The lowest BCUT2D eigenvalue weighted by atomic mass is 9.99. The highest BCUT2D eigenvalue weighted by Gasteiger charge is 2.38. The maximum Gasteiger partial charge on any atom is 0.312 e. The number of amides is 1. The molecule has 0 aliphatic carbocycles. The minimum absolute atomic E-state index is 0.149. The highest BCUT2D eigenvalue weighted by molar-refractivity contribution is 5.90. The second-order valence-electron chi connectivity index (χ2n) is 7.88. The Labute approximate surface area is 185 Å². The van der Waals surface area contributed by atoms with Gasteiger partial charge in [0.15, 0.2) is 0 Å². The van der Waals surface area contributed by atoms with Crippen molar-refractivity contribution in [1.82, 2.24) is 44.5 Å². The molecular formula is C21H18FN9O2. The molecule has 0 fully saturated rings. The zero-order chi connectivity index (χ0) is 22.7. The Morgan fingerprint density at radius 3 is 3.00 bits per heavy atom. The number of hydrogen-bond donors (Lipinski definition) is 1. The maximum atomic E-state index is 14.3. The molecule has 0 unspecified atom stereocenters. The number of aryl methyl sites for hydroxylation is 2. The Morgan fingerprint density at radius 1 is 1.33 bits per heavy atom. The number of hydrogen-bond acceptors (Lipinski definition) is 7. The van der Waals surface area contributed by atoms with Crippen LogP contribution in [0, 0.1) is 12.7 Å². The van der Waals surface area contributed by atoms with Crippen molar-refractivity contribution < 1.29 is 13.6 Å². The van der Waals surface area contributed by atoms with Gasteiger partial charge in [-0.3, -0.25) is 9.48 Å². The van der Waals surface area contributed by atoms with Crippen LogP contribution in [0.3, 0.4) is 0 Å². The average molecular weight is 447 g/mol. The summed E-state index contributed by atoms with van der Waals surface area (Å²) < 4.78 is 23.1. The minimum Gasteiger partial charge on any atom is -0.411 e. The summed E-state index contributed by atoms with van der Waals surface area (Å²) in [5.41, 5.74) is 3.85. The lowest BCUT2D eigenvalue weighted by Crippen LogP contribution is -2.41. The molecule has 0 bridgehead atoms. The Hall–Kier alpha value is -4.35. The van der Waals surface area contributed by atoms with Crippen molar-refractivity contribution in [2.24, 2.45) is 7.05 Å². The van der Waals surface area contributed by atoms with E-state index in [1.165, 1.54) is 10.6 Å². The molecular weight excluding hydrogens is 429 g/mol. The summed E-state index contributed by atoms with van der Waals surface area (Å²) in [4.78, 5) is 22.6. The predicted molar refractivity (Wildman–Crippen MR) is 112 cm³/mol. The molecule has 11 nitrogen and oxygen atoms in total. The van der Waals surface area contributed by atoms with Gasteiger partial charge in [0.2, 0.25) is 0 Å². The maximum absolute atomic E-state index is 14.3. The summed E-state index contributed by atoms with van der Waals surface area (Å²) in [7, 11) is 1.76. The lowest BCUT2D eigenvalue weighted by Gasteiger charge is -2.32. The van der Waals surface area contributed by atoms with E-state index in [0.717, 1.165) is 11.3 Å². The number of fused-ring (bicyclic) bond motifs is 2. The second kappa shape index (κ2) is 7.08. The Morgan fingerprint density at radius 2 is 2.21 bits per heavy atom. The summed E-state index contributed by atoms with van der Waals surface area (Å²) in [6.07, 6.45) is 5.49. The van der Waals surface area contributed by atoms with Crippen LogP contribution >= 0.6 is 0 Å². The van der Waals surface area contributed by atoms with Gasteiger partial charge in [0.1, 0.15) is 23.1 Å². The van der Waals surface area contributed by atoms with Crippen LogP contribution in [0.15, 0.2) is 41.3 Å². The van der Waals surface area contributed by atoms with E-state index in [1.54, 1.807) is 47.5 Å². The molecule has 6 rings (SSSR count). The molecule has 33 heavy (non-hydrogen) atoms. The monoisotopic (exact) mass is 447 g/mol. The van der Waals surface area contributed by atoms with Crippen molar-refractivity contribution in [3.63, 3.8) is 0 Å². The zero-order valence-corrected chi connectivity index (χ0v) is 17.7. The van der Waals surface area contributed by atoms with Crippen molar-refractivity contribution in [2.75, 3.05) is 6.54 Å². The van der Waals surface area contributed by atoms with Gasteiger partial charge in [-0.15, -0.1) is 10.2 Å². The van der Waals surface area contributed by atoms with Crippen molar-refractivity contribution >= 4 is 11.4 Å². The van der Waals surface area contributed by atoms with Crippen LogP contribution in [-0.2, 0) is 13.5 Å². The number of nitrogens with zero attached hydrogens (tertiary/aromatic N) is 8. The van der Waals surface area contributed by atoms with E-state index in [9.17, 15) is 9.18 Å². The topological polar surface area (TPSA) is 123 Å². The summed E-state index contributed by atoms with van der Waals surface area (Å²) in [6.45, 7) is 2.24. The molecule has 5 aromatic heterocycles. The minimum atomic E-state index is -0.638. The van der Waals surface area contributed by atoms with Crippen LogP contribution in [0.4, 0.5) is 4.39 Å². The van der Waals surface area contributed by atoms with E-state index in [0.29, 0.717) is 35.6 Å². The van der Waals surface area contributed by atoms with Gasteiger partial charge in [-0.1, -0.05) is 0 Å². The first kappa shape index (κ1) is 19.3. The van der Waals surface area contributed by atoms with E-state index in [2.05, 4.69) is 30.4 Å². The first-order valence-electron chi connectivity index (χ1n) is 10.3. The molecule has 12 heteroatoms. The van der Waals surface area contributed by atoms with Crippen LogP contribution in [0.5, 0.6) is 0 Å². The zero-order valence-electron chi connectivity index (χ0n) is 17.7. The molecule has 0 aromatic carbocycles. The fourth-order valence-corrected chi connectivity index (χ4v) is 4.31. The SMILES string of the molecule is Cc1cnn(C)c1-c1nnc(C(=O)N2CCc3[nH]cnc3[C@@H]2c2cc3c(F)cccn3n2)o1. The van der Waals surface area contributed by atoms with Crippen molar-refractivity contribution in [1.29, 1.82) is 0 Å². The van der Waals surface area contributed by atoms with Gasteiger partial charge in [0.25, 0.3) is 5.89 Å². The van der Waals surface area contributed by atoms with E-state index < -0.39 is 17.8 Å². The van der Waals surface area contributed by atoms with Gasteiger partial charge in [-0.25, -0.2) is 13.9 Å². The summed E-state index contributed by atoms with van der Waals surface area (Å²) in [5.74, 6) is -0.797. The molecule has 1 aliphatic rings. The molecule has 1 aliphatic heterocycles. The third-order valence-electron chi connectivity index (χ3n) is 5.87. The molecule has 166 valence electrons. The van der Waals surface area contributed by atoms with Crippen LogP contribution in [-0.4, -0.2) is 56.9 Å². The van der Waals surface area contributed by atoms with Crippen LogP contribution in [0.1, 0.15) is 39.4 Å². The molecule has 0 saturated heterocycles. The number of H-pyrrole nitrogens is 1. The number of pyridine rings is 1. The Kier molecular flexibility index (Phi) is 4.15. The van der Waals surface area contributed by atoms with E-state index >= 15 is 0 Å². The average Bonchev–Trinajstić information content (AvgIpc) is 3.59. The summed E-state index contributed by atoms with van der Waals surface area (Å²) >= 11 is 0. The lowest BCUT2D eigenvalue weighted by molar-refractivity contribution is 0.0646. The third kappa shape index (κ3) is 2.94. The van der Waals surface area contributed by atoms with Crippen molar-refractivity contribution in [2.45, 2.75) is 19.4 Å². The standard InChI is InChI=1S/C21H18FN9O2/c1-11-9-25-29(2)17(11)19-26-27-20(33-19)21(32)30-7-5-13-16(24-10-23-13)18(30)14-8-15-12(22)4-3-6-31(15)28-14/h3-4,6,8-10,18H,5,7H2,1-2H3,(H,23,24)/t18-/m0/s1. The number of halogens is 1. The van der Waals surface area contributed by atoms with Gasteiger partial charge in [-0.05, 0) is 30.7 Å². The van der Waals surface area contributed by atoms with E-state index in [-0.39, 0.29) is 11.8 Å². The fraction of sp³-hybridized carbons (Fsp3) is 0.238.